The zero-order valence-electron chi connectivity index (χ0n) is 12.7. The van der Waals surface area contributed by atoms with Gasteiger partial charge in [-0.05, 0) is 43.2 Å². The third kappa shape index (κ3) is 2.49. The molecule has 2 aromatic heterocycles. The number of rotatable bonds is 2. The second-order valence-corrected chi connectivity index (χ2v) is 6.68. The Labute approximate surface area is 146 Å². The number of hydrogen-bond donors (Lipinski definition) is 0. The predicted molar refractivity (Wildman–Crippen MR) is 90.1 cm³/mol. The van der Waals surface area contributed by atoms with Crippen molar-refractivity contribution in [3.05, 3.63) is 64.3 Å². The number of nitrogens with zero attached hydrogens (tertiary/aromatic N) is 4. The Balaban J connectivity index is 1.72. The summed E-state index contributed by atoms with van der Waals surface area (Å²) in [5, 5.41) is 8.41. The average molecular weight is 389 g/mol. The maximum absolute atomic E-state index is 14.1. The fourth-order valence-corrected chi connectivity index (χ4v) is 3.54. The van der Waals surface area contributed by atoms with Crippen LogP contribution in [0.3, 0.4) is 0 Å². The average Bonchev–Trinajstić information content (AvgIpc) is 3.22. The standard InChI is InChI=1S/C17H14BrFN4O/c18-11-6-7-13(19)12(10-11)17(24)22-9-3-4-14(22)16-21-20-15-5-1-2-8-23(15)16/h1-2,5-8,10,14H,3-4,9H2. The molecule has 24 heavy (non-hydrogen) atoms. The van der Waals surface area contributed by atoms with E-state index >= 15 is 0 Å². The van der Waals surface area contributed by atoms with Gasteiger partial charge < -0.3 is 4.90 Å². The first-order valence-electron chi connectivity index (χ1n) is 7.71. The predicted octanol–water partition coefficient (Wildman–Crippen LogP) is 3.61. The summed E-state index contributed by atoms with van der Waals surface area (Å²) in [6.07, 6.45) is 3.52. The number of carbonyl (C=O) groups is 1. The van der Waals surface area contributed by atoms with Crippen LogP contribution in [0.5, 0.6) is 0 Å². The molecule has 1 unspecified atom stereocenters. The van der Waals surface area contributed by atoms with Crippen molar-refractivity contribution >= 4 is 27.5 Å². The van der Waals surface area contributed by atoms with Crippen LogP contribution in [0.1, 0.15) is 35.1 Å². The van der Waals surface area contributed by atoms with Crippen LogP contribution in [0.25, 0.3) is 5.65 Å². The number of likely N-dealkylation sites (tertiary alicyclic amines) is 1. The molecule has 1 fully saturated rings. The zero-order valence-corrected chi connectivity index (χ0v) is 14.3. The van der Waals surface area contributed by atoms with Gasteiger partial charge in [-0.15, -0.1) is 10.2 Å². The number of pyridine rings is 1. The van der Waals surface area contributed by atoms with Gasteiger partial charge in [-0.2, -0.15) is 0 Å². The summed E-state index contributed by atoms with van der Waals surface area (Å²) in [6, 6.07) is 9.86. The minimum absolute atomic E-state index is 0.0742. The smallest absolute Gasteiger partial charge is 0.257 e. The molecule has 1 saturated heterocycles. The highest BCUT2D eigenvalue weighted by atomic mass is 79.9. The molecule has 1 aliphatic heterocycles. The van der Waals surface area contributed by atoms with Crippen molar-refractivity contribution < 1.29 is 9.18 Å². The molecule has 0 aliphatic carbocycles. The van der Waals surface area contributed by atoms with E-state index < -0.39 is 5.82 Å². The molecule has 3 aromatic rings. The van der Waals surface area contributed by atoms with E-state index in [2.05, 4.69) is 26.1 Å². The molecule has 1 aromatic carbocycles. The van der Waals surface area contributed by atoms with Crippen LogP contribution >= 0.6 is 15.9 Å². The van der Waals surface area contributed by atoms with Crippen LogP contribution < -0.4 is 0 Å². The van der Waals surface area contributed by atoms with E-state index in [9.17, 15) is 9.18 Å². The molecule has 7 heteroatoms. The molecule has 1 amide bonds. The number of hydrogen-bond acceptors (Lipinski definition) is 3. The van der Waals surface area contributed by atoms with Crippen LogP contribution in [0, 0.1) is 5.82 Å². The number of amides is 1. The lowest BCUT2D eigenvalue weighted by atomic mass is 10.1. The van der Waals surface area contributed by atoms with Gasteiger partial charge in [-0.25, -0.2) is 4.39 Å². The molecule has 122 valence electrons. The second-order valence-electron chi connectivity index (χ2n) is 5.77. The Bertz CT molecular complexity index is 926. The molecule has 0 radical (unpaired) electrons. The van der Waals surface area contributed by atoms with Gasteiger partial charge in [0.15, 0.2) is 11.5 Å². The monoisotopic (exact) mass is 388 g/mol. The molecule has 0 bridgehead atoms. The molecule has 5 nitrogen and oxygen atoms in total. The molecule has 0 spiro atoms. The van der Waals surface area contributed by atoms with Crippen molar-refractivity contribution in [1.82, 2.24) is 19.5 Å². The molecule has 4 rings (SSSR count). The highest BCUT2D eigenvalue weighted by Gasteiger charge is 2.34. The SMILES string of the molecule is O=C(c1cc(Br)ccc1F)N1CCCC1c1nnc2ccccn12. The molecular formula is C17H14BrFN4O. The lowest BCUT2D eigenvalue weighted by Crippen LogP contribution is -2.32. The zero-order chi connectivity index (χ0) is 16.7. The van der Waals surface area contributed by atoms with Crippen molar-refractivity contribution in [2.45, 2.75) is 18.9 Å². The number of halogens is 2. The van der Waals surface area contributed by atoms with E-state index in [1.165, 1.54) is 12.1 Å². The van der Waals surface area contributed by atoms with Crippen molar-refractivity contribution in [1.29, 1.82) is 0 Å². The third-order valence-corrected chi connectivity index (χ3v) is 4.80. The van der Waals surface area contributed by atoms with Gasteiger partial charge in [0.25, 0.3) is 5.91 Å². The number of aromatic nitrogens is 3. The van der Waals surface area contributed by atoms with Gasteiger partial charge in [-0.3, -0.25) is 9.20 Å². The van der Waals surface area contributed by atoms with E-state index in [1.807, 2.05) is 28.8 Å². The number of carbonyl (C=O) groups excluding carboxylic acids is 1. The first-order valence-corrected chi connectivity index (χ1v) is 8.50. The summed E-state index contributed by atoms with van der Waals surface area (Å²) >= 11 is 3.30. The quantitative estimate of drug-likeness (QED) is 0.673. The summed E-state index contributed by atoms with van der Waals surface area (Å²) in [5.74, 6) is -0.115. The highest BCUT2D eigenvalue weighted by molar-refractivity contribution is 9.10. The van der Waals surface area contributed by atoms with Gasteiger partial charge in [-0.1, -0.05) is 22.0 Å². The van der Waals surface area contributed by atoms with Gasteiger partial charge in [0.1, 0.15) is 5.82 Å². The van der Waals surface area contributed by atoms with E-state index in [0.29, 0.717) is 16.8 Å². The largest absolute Gasteiger partial charge is 0.328 e. The first kappa shape index (κ1) is 15.3. The highest BCUT2D eigenvalue weighted by Crippen LogP contribution is 2.33. The Morgan fingerprint density at radius 1 is 1.25 bits per heavy atom. The van der Waals surface area contributed by atoms with Crippen LogP contribution in [0.15, 0.2) is 47.1 Å². The minimum atomic E-state index is -0.514. The summed E-state index contributed by atoms with van der Waals surface area (Å²) in [5.41, 5.74) is 0.811. The van der Waals surface area contributed by atoms with Crippen molar-refractivity contribution in [2.24, 2.45) is 0 Å². The van der Waals surface area contributed by atoms with Crippen molar-refractivity contribution in [3.63, 3.8) is 0 Å². The lowest BCUT2D eigenvalue weighted by Gasteiger charge is -2.23. The Hall–Kier alpha value is -2.28. The van der Waals surface area contributed by atoms with Gasteiger partial charge in [0.05, 0.1) is 11.6 Å². The summed E-state index contributed by atoms with van der Waals surface area (Å²) in [4.78, 5) is 14.6. The molecular weight excluding hydrogens is 375 g/mol. The van der Waals surface area contributed by atoms with Gasteiger partial charge in [0, 0.05) is 17.2 Å². The molecule has 1 atom stereocenters. The Morgan fingerprint density at radius 2 is 2.12 bits per heavy atom. The van der Waals surface area contributed by atoms with Gasteiger partial charge >= 0.3 is 0 Å². The third-order valence-electron chi connectivity index (χ3n) is 4.31. The Kier molecular flexibility index (Phi) is 3.80. The van der Waals surface area contributed by atoms with E-state index in [1.54, 1.807) is 11.0 Å². The van der Waals surface area contributed by atoms with Crippen LogP contribution in [-0.4, -0.2) is 31.9 Å². The maximum Gasteiger partial charge on any atom is 0.257 e. The molecule has 1 aliphatic rings. The molecule has 0 N–H and O–H groups in total. The maximum atomic E-state index is 14.1. The van der Waals surface area contributed by atoms with Crippen LogP contribution in [0.4, 0.5) is 4.39 Å². The molecule has 0 saturated carbocycles. The minimum Gasteiger partial charge on any atom is -0.328 e. The van der Waals surface area contributed by atoms with E-state index in [-0.39, 0.29) is 17.5 Å². The van der Waals surface area contributed by atoms with E-state index in [4.69, 9.17) is 0 Å². The summed E-state index contributed by atoms with van der Waals surface area (Å²) in [7, 11) is 0. The Morgan fingerprint density at radius 3 is 3.00 bits per heavy atom. The topological polar surface area (TPSA) is 50.5 Å². The number of benzene rings is 1. The van der Waals surface area contributed by atoms with Crippen molar-refractivity contribution in [3.8, 4) is 0 Å². The first-order chi connectivity index (χ1) is 11.6. The van der Waals surface area contributed by atoms with Crippen LogP contribution in [0.2, 0.25) is 0 Å². The lowest BCUT2D eigenvalue weighted by molar-refractivity contribution is 0.0724. The summed E-state index contributed by atoms with van der Waals surface area (Å²) in [6.45, 7) is 0.581. The normalized spacial score (nSPS) is 17.6. The number of fused-ring (bicyclic) bond motifs is 1. The molecule has 3 heterocycles. The fraction of sp³-hybridized carbons (Fsp3) is 0.235. The van der Waals surface area contributed by atoms with E-state index in [0.717, 1.165) is 18.5 Å². The van der Waals surface area contributed by atoms with Crippen molar-refractivity contribution in [2.75, 3.05) is 6.54 Å². The van der Waals surface area contributed by atoms with Crippen LogP contribution in [-0.2, 0) is 0 Å². The van der Waals surface area contributed by atoms with Gasteiger partial charge in [0.2, 0.25) is 0 Å². The second kappa shape index (κ2) is 5.98. The fourth-order valence-electron chi connectivity index (χ4n) is 3.18. The summed E-state index contributed by atoms with van der Waals surface area (Å²) < 4.78 is 16.7.